The van der Waals surface area contributed by atoms with Gasteiger partial charge in [-0.2, -0.15) is 0 Å². The third-order valence-electron chi connectivity index (χ3n) is 4.69. The van der Waals surface area contributed by atoms with Crippen molar-refractivity contribution in [2.75, 3.05) is 39.3 Å². The minimum absolute atomic E-state index is 0.00554. The van der Waals surface area contributed by atoms with E-state index >= 15 is 0 Å². The Morgan fingerprint density at radius 3 is 3.00 bits per heavy atom. The second-order valence-corrected chi connectivity index (χ2v) is 7.38. The Labute approximate surface area is 156 Å². The summed E-state index contributed by atoms with van der Waals surface area (Å²) in [6.45, 7) is 6.07. The number of nitrogens with one attached hydrogen (secondary N) is 2. The maximum atomic E-state index is 12.4. The highest BCUT2D eigenvalue weighted by Crippen LogP contribution is 2.22. The number of para-hydroxylation sites is 2. The van der Waals surface area contributed by atoms with E-state index in [0.29, 0.717) is 6.54 Å². The van der Waals surface area contributed by atoms with E-state index in [1.165, 1.54) is 11.3 Å². The lowest BCUT2D eigenvalue weighted by Gasteiger charge is -2.27. The zero-order valence-corrected chi connectivity index (χ0v) is 15.5. The first kappa shape index (κ1) is 17.2. The number of imidazole rings is 1. The second kappa shape index (κ2) is 7.99. The lowest BCUT2D eigenvalue weighted by Crippen LogP contribution is -2.44. The fraction of sp³-hybridized carbons (Fsp3) is 0.368. The zero-order valence-electron chi connectivity index (χ0n) is 14.6. The van der Waals surface area contributed by atoms with Gasteiger partial charge in [0.2, 0.25) is 0 Å². The summed E-state index contributed by atoms with van der Waals surface area (Å²) in [6.07, 6.45) is 2.79. The first-order chi connectivity index (χ1) is 12.8. The average molecular weight is 369 g/mol. The molecular formula is C19H23N5OS. The Morgan fingerprint density at radius 2 is 2.12 bits per heavy atom. The summed E-state index contributed by atoms with van der Waals surface area (Å²) in [4.78, 5) is 20.0. The molecule has 1 fully saturated rings. The third kappa shape index (κ3) is 3.80. The molecule has 1 saturated heterocycles. The average Bonchev–Trinajstić information content (AvgIpc) is 3.33. The van der Waals surface area contributed by atoms with Crippen LogP contribution in [0.25, 0.3) is 16.7 Å². The smallest absolute Gasteiger partial charge is 0.261 e. The molecule has 2 aromatic heterocycles. The summed E-state index contributed by atoms with van der Waals surface area (Å²) in [7, 11) is 0. The Balaban J connectivity index is 1.33. The van der Waals surface area contributed by atoms with Crippen molar-refractivity contribution in [3.8, 4) is 5.69 Å². The molecule has 4 rings (SSSR count). The number of amides is 1. The molecule has 6 nitrogen and oxygen atoms in total. The van der Waals surface area contributed by atoms with Crippen LogP contribution in [0.4, 0.5) is 0 Å². The van der Waals surface area contributed by atoms with Gasteiger partial charge >= 0.3 is 0 Å². The van der Waals surface area contributed by atoms with Crippen molar-refractivity contribution in [3.63, 3.8) is 0 Å². The number of carbonyl (C=O) groups excluding carboxylic acids is 1. The molecule has 1 aliphatic heterocycles. The van der Waals surface area contributed by atoms with Gasteiger partial charge in [0.25, 0.3) is 5.91 Å². The molecule has 0 bridgehead atoms. The summed E-state index contributed by atoms with van der Waals surface area (Å²) in [5, 5.41) is 8.40. The van der Waals surface area contributed by atoms with Gasteiger partial charge in [0.1, 0.15) is 6.33 Å². The predicted molar refractivity (Wildman–Crippen MR) is 105 cm³/mol. The van der Waals surface area contributed by atoms with E-state index in [9.17, 15) is 4.79 Å². The molecular weight excluding hydrogens is 346 g/mol. The van der Waals surface area contributed by atoms with Crippen LogP contribution < -0.4 is 10.6 Å². The Bertz CT molecular complexity index is 881. The second-order valence-electron chi connectivity index (χ2n) is 6.47. The topological polar surface area (TPSA) is 62.2 Å². The number of benzene rings is 1. The molecule has 3 heterocycles. The van der Waals surface area contributed by atoms with E-state index in [2.05, 4.69) is 20.5 Å². The van der Waals surface area contributed by atoms with Crippen molar-refractivity contribution in [2.24, 2.45) is 0 Å². The van der Waals surface area contributed by atoms with Crippen LogP contribution in [0.5, 0.6) is 0 Å². The first-order valence-corrected chi connectivity index (χ1v) is 9.91. The number of piperazine rings is 1. The van der Waals surface area contributed by atoms with E-state index in [1.807, 2.05) is 46.6 Å². The van der Waals surface area contributed by atoms with Crippen molar-refractivity contribution in [3.05, 3.63) is 46.9 Å². The number of nitrogens with zero attached hydrogens (tertiary/aromatic N) is 3. The lowest BCUT2D eigenvalue weighted by molar-refractivity contribution is 0.0955. The van der Waals surface area contributed by atoms with Crippen LogP contribution in [0.2, 0.25) is 0 Å². The molecule has 0 radical (unpaired) electrons. The summed E-state index contributed by atoms with van der Waals surface area (Å²) >= 11 is 1.47. The molecule has 7 heteroatoms. The molecule has 0 spiro atoms. The largest absolute Gasteiger partial charge is 0.351 e. The molecule has 0 saturated carbocycles. The molecule has 0 atom stereocenters. The fourth-order valence-electron chi connectivity index (χ4n) is 3.26. The molecule has 1 aromatic carbocycles. The van der Waals surface area contributed by atoms with Crippen molar-refractivity contribution >= 4 is 28.3 Å². The number of rotatable bonds is 6. The van der Waals surface area contributed by atoms with Gasteiger partial charge in [0.15, 0.2) is 0 Å². The van der Waals surface area contributed by atoms with E-state index < -0.39 is 0 Å². The highest BCUT2D eigenvalue weighted by molar-refractivity contribution is 7.12. The fourth-order valence-corrected chi connectivity index (χ4v) is 4.06. The van der Waals surface area contributed by atoms with Gasteiger partial charge < -0.3 is 15.5 Å². The third-order valence-corrected chi connectivity index (χ3v) is 5.60. The van der Waals surface area contributed by atoms with Crippen molar-refractivity contribution in [2.45, 2.75) is 6.42 Å². The SMILES string of the molecule is O=C(NCCCN1CCNCC1)c1cc(-n2cnc3ccccc32)cs1. The standard InChI is InChI=1S/C19H23N5OS/c25-19(21-6-3-9-23-10-7-20-8-11-23)18-12-15(13-26-18)24-14-22-16-4-1-2-5-17(16)24/h1-2,4-5,12-14,20H,3,6-11H2,(H,21,25). The van der Waals surface area contributed by atoms with Crippen molar-refractivity contribution in [1.82, 2.24) is 25.1 Å². The summed E-state index contributed by atoms with van der Waals surface area (Å²) < 4.78 is 2.02. The quantitative estimate of drug-likeness (QED) is 0.654. The summed E-state index contributed by atoms with van der Waals surface area (Å²) in [5.41, 5.74) is 2.99. The van der Waals surface area contributed by atoms with Crippen LogP contribution in [0.1, 0.15) is 16.1 Å². The number of hydrogen-bond donors (Lipinski definition) is 2. The van der Waals surface area contributed by atoms with Crippen LogP contribution in [0, 0.1) is 0 Å². The Kier molecular flexibility index (Phi) is 5.29. The highest BCUT2D eigenvalue weighted by Gasteiger charge is 2.12. The van der Waals surface area contributed by atoms with Gasteiger partial charge in [-0.25, -0.2) is 4.98 Å². The molecule has 2 N–H and O–H groups in total. The molecule has 26 heavy (non-hydrogen) atoms. The Hall–Kier alpha value is -2.22. The van der Waals surface area contributed by atoms with Gasteiger partial charge in [0.05, 0.1) is 21.6 Å². The number of hydrogen-bond acceptors (Lipinski definition) is 5. The number of thiophene rings is 1. The van der Waals surface area contributed by atoms with Gasteiger partial charge in [-0.15, -0.1) is 11.3 Å². The molecule has 0 aliphatic carbocycles. The van der Waals surface area contributed by atoms with Crippen molar-refractivity contribution < 1.29 is 4.79 Å². The number of carbonyl (C=O) groups is 1. The predicted octanol–water partition coefficient (Wildman–Crippen LogP) is 2.11. The maximum Gasteiger partial charge on any atom is 0.261 e. The highest BCUT2D eigenvalue weighted by atomic mass is 32.1. The van der Waals surface area contributed by atoms with Crippen molar-refractivity contribution in [1.29, 1.82) is 0 Å². The first-order valence-electron chi connectivity index (χ1n) is 9.03. The van der Waals surface area contributed by atoms with Crippen LogP contribution in [-0.4, -0.2) is 59.6 Å². The number of aromatic nitrogens is 2. The molecule has 136 valence electrons. The van der Waals surface area contributed by atoms with Crippen LogP contribution in [0.3, 0.4) is 0 Å². The monoisotopic (exact) mass is 369 g/mol. The minimum atomic E-state index is 0.00554. The molecule has 0 unspecified atom stereocenters. The van der Waals surface area contributed by atoms with Crippen LogP contribution in [-0.2, 0) is 0 Å². The van der Waals surface area contributed by atoms with Crippen LogP contribution >= 0.6 is 11.3 Å². The number of fused-ring (bicyclic) bond motifs is 1. The van der Waals surface area contributed by atoms with Gasteiger partial charge in [0, 0.05) is 38.1 Å². The normalized spacial score (nSPS) is 15.4. The van der Waals surface area contributed by atoms with Gasteiger partial charge in [-0.1, -0.05) is 12.1 Å². The van der Waals surface area contributed by atoms with Crippen LogP contribution in [0.15, 0.2) is 42.0 Å². The molecule has 1 amide bonds. The van der Waals surface area contributed by atoms with E-state index in [-0.39, 0.29) is 5.91 Å². The minimum Gasteiger partial charge on any atom is -0.351 e. The van der Waals surface area contributed by atoms with Gasteiger partial charge in [-0.05, 0) is 31.2 Å². The van der Waals surface area contributed by atoms with Gasteiger partial charge in [-0.3, -0.25) is 9.36 Å². The summed E-state index contributed by atoms with van der Waals surface area (Å²) in [5.74, 6) is 0.00554. The zero-order chi connectivity index (χ0) is 17.8. The molecule has 3 aromatic rings. The lowest BCUT2D eigenvalue weighted by atomic mass is 10.3. The summed E-state index contributed by atoms with van der Waals surface area (Å²) in [6, 6.07) is 9.94. The van der Waals surface area contributed by atoms with E-state index in [1.54, 1.807) is 0 Å². The maximum absolute atomic E-state index is 12.4. The molecule has 1 aliphatic rings. The van der Waals surface area contributed by atoms with E-state index in [0.717, 1.165) is 60.7 Å². The Morgan fingerprint density at radius 1 is 1.27 bits per heavy atom. The van der Waals surface area contributed by atoms with E-state index in [4.69, 9.17) is 0 Å².